The Hall–Kier alpha value is -3.72. The first kappa shape index (κ1) is 25.6. The smallest absolute Gasteiger partial charge is 0.414 e. The Bertz CT molecular complexity index is 1590. The minimum atomic E-state index is -1.21. The minimum Gasteiger partial charge on any atom is -0.452 e. The van der Waals surface area contributed by atoms with Gasteiger partial charge in [-0.15, -0.1) is 0 Å². The lowest BCUT2D eigenvalue weighted by atomic mass is 9.83. The van der Waals surface area contributed by atoms with Crippen LogP contribution in [0.3, 0.4) is 0 Å². The summed E-state index contributed by atoms with van der Waals surface area (Å²) in [5.41, 5.74) is 4.29. The summed E-state index contributed by atoms with van der Waals surface area (Å²) in [6.07, 6.45) is 4.80. The molecular weight excluding hydrogens is 499 g/mol. The highest BCUT2D eigenvalue weighted by molar-refractivity contribution is 5.95. The summed E-state index contributed by atoms with van der Waals surface area (Å²) in [7, 11) is 1.37. The number of imidazole rings is 1. The number of halogens is 1. The fourth-order valence-electron chi connectivity index (χ4n) is 6.65. The number of benzene rings is 2. The Morgan fingerprint density at radius 2 is 2.03 bits per heavy atom. The second-order valence-corrected chi connectivity index (χ2v) is 11.0. The molecule has 0 spiro atoms. The van der Waals surface area contributed by atoms with E-state index in [0.29, 0.717) is 34.2 Å². The van der Waals surface area contributed by atoms with E-state index >= 15 is 0 Å². The highest BCUT2D eigenvalue weighted by Gasteiger charge is 2.35. The van der Waals surface area contributed by atoms with Crippen LogP contribution in [0.25, 0.3) is 21.9 Å². The minimum absolute atomic E-state index is 0.0299. The summed E-state index contributed by atoms with van der Waals surface area (Å²) < 4.78 is 21.8. The molecule has 2 aromatic carbocycles. The lowest BCUT2D eigenvalue weighted by Gasteiger charge is -2.34. The Labute approximate surface area is 225 Å². The van der Waals surface area contributed by atoms with E-state index in [1.807, 2.05) is 19.1 Å². The number of carbonyl (C=O) groups is 2. The predicted octanol–water partition coefficient (Wildman–Crippen LogP) is 5.97. The molecule has 2 aromatic heterocycles. The zero-order chi connectivity index (χ0) is 27.4. The molecule has 2 N–H and O–H groups in total. The molecule has 204 valence electrons. The summed E-state index contributed by atoms with van der Waals surface area (Å²) in [6, 6.07) is 8.35. The number of nitrogens with one attached hydrogen (secondary N) is 1. The number of amides is 1. The van der Waals surface area contributed by atoms with Crippen LogP contribution in [0.15, 0.2) is 36.5 Å². The van der Waals surface area contributed by atoms with Crippen molar-refractivity contribution in [2.45, 2.75) is 70.6 Å². The zero-order valence-corrected chi connectivity index (χ0v) is 22.4. The number of H-pyrrole nitrogens is 1. The highest BCUT2D eigenvalue weighted by atomic mass is 19.1. The fraction of sp³-hybridized carbons (Fsp3) is 0.433. The molecule has 1 fully saturated rings. The van der Waals surface area contributed by atoms with E-state index in [0.717, 1.165) is 48.9 Å². The van der Waals surface area contributed by atoms with Crippen molar-refractivity contribution in [3.63, 3.8) is 0 Å². The lowest BCUT2D eigenvalue weighted by molar-refractivity contribution is -0.122. The summed E-state index contributed by atoms with van der Waals surface area (Å²) in [5, 5.41) is 12.5. The number of methoxy groups -OCH3 is 1. The van der Waals surface area contributed by atoms with E-state index in [1.54, 1.807) is 24.1 Å². The van der Waals surface area contributed by atoms with Gasteiger partial charge < -0.3 is 19.4 Å². The van der Waals surface area contributed by atoms with Gasteiger partial charge in [0.05, 0.1) is 29.3 Å². The summed E-state index contributed by atoms with van der Waals surface area (Å²) in [4.78, 5) is 34.9. The number of aromatic amines is 1. The van der Waals surface area contributed by atoms with Gasteiger partial charge in [-0.3, -0.25) is 9.69 Å². The molecule has 2 aliphatic rings. The van der Waals surface area contributed by atoms with E-state index in [4.69, 9.17) is 9.72 Å². The summed E-state index contributed by atoms with van der Waals surface area (Å²) >= 11 is 0. The quantitative estimate of drug-likeness (QED) is 0.338. The first-order valence-electron chi connectivity index (χ1n) is 13.6. The van der Waals surface area contributed by atoms with Crippen molar-refractivity contribution in [3.8, 4) is 0 Å². The maximum atomic E-state index is 14.6. The summed E-state index contributed by atoms with van der Waals surface area (Å²) in [5.74, 6) is 0.0962. The van der Waals surface area contributed by atoms with Crippen molar-refractivity contribution >= 4 is 39.5 Å². The van der Waals surface area contributed by atoms with E-state index < -0.39 is 18.0 Å². The molecule has 0 saturated heterocycles. The molecule has 3 heterocycles. The molecule has 1 amide bonds. The molecule has 8 nitrogen and oxygen atoms in total. The van der Waals surface area contributed by atoms with Crippen LogP contribution < -0.4 is 4.90 Å². The molecule has 1 aliphatic heterocycles. The molecule has 4 atom stereocenters. The molecule has 0 unspecified atom stereocenters. The van der Waals surface area contributed by atoms with Gasteiger partial charge in [0.15, 0.2) is 0 Å². The van der Waals surface area contributed by atoms with Crippen molar-refractivity contribution < 1.29 is 23.8 Å². The van der Waals surface area contributed by atoms with Gasteiger partial charge in [-0.05, 0) is 76.3 Å². The SMILES string of the molecule is COC(=O)N1c2ccc3c(nc([C@H](O)c4cc(F)cc5cc[nH]c45)n3[C@@H]3CCC[C@@H](C(C)=O)C3)c2CC[C@@H]1C. The average Bonchev–Trinajstić information content (AvgIpc) is 3.56. The molecule has 9 heteroatoms. The predicted molar refractivity (Wildman–Crippen MR) is 146 cm³/mol. The van der Waals surface area contributed by atoms with Crippen molar-refractivity contribution in [1.82, 2.24) is 14.5 Å². The third kappa shape index (κ3) is 4.19. The molecule has 0 bridgehead atoms. The van der Waals surface area contributed by atoms with Crippen LogP contribution >= 0.6 is 0 Å². The largest absolute Gasteiger partial charge is 0.452 e. The van der Waals surface area contributed by atoms with Crippen LogP contribution in [-0.4, -0.2) is 44.7 Å². The number of aromatic nitrogens is 3. The van der Waals surface area contributed by atoms with Crippen molar-refractivity contribution in [2.75, 3.05) is 12.0 Å². The number of ether oxygens (including phenoxy) is 1. The lowest BCUT2D eigenvalue weighted by Crippen LogP contribution is -2.42. The number of hydrogen-bond donors (Lipinski definition) is 2. The molecule has 39 heavy (non-hydrogen) atoms. The first-order chi connectivity index (χ1) is 18.8. The maximum Gasteiger partial charge on any atom is 0.414 e. The molecule has 0 radical (unpaired) electrons. The Kier molecular flexibility index (Phi) is 6.41. The third-order valence-corrected chi connectivity index (χ3v) is 8.63. The molecule has 4 aromatic rings. The van der Waals surface area contributed by atoms with Crippen LogP contribution in [0.2, 0.25) is 0 Å². The number of aryl methyl sites for hydroxylation is 1. The highest BCUT2D eigenvalue weighted by Crippen LogP contribution is 2.42. The molecule has 6 rings (SSSR count). The second kappa shape index (κ2) is 9.79. The van der Waals surface area contributed by atoms with E-state index in [9.17, 15) is 19.1 Å². The molecule has 1 aliphatic carbocycles. The van der Waals surface area contributed by atoms with Crippen molar-refractivity contribution in [2.24, 2.45) is 5.92 Å². The third-order valence-electron chi connectivity index (χ3n) is 8.63. The van der Waals surface area contributed by atoms with E-state index in [-0.39, 0.29) is 23.8 Å². The number of carbonyl (C=O) groups excluding carboxylic acids is 2. The summed E-state index contributed by atoms with van der Waals surface area (Å²) in [6.45, 7) is 3.63. The molecule has 1 saturated carbocycles. The van der Waals surface area contributed by atoms with Crippen LogP contribution in [0, 0.1) is 11.7 Å². The van der Waals surface area contributed by atoms with Crippen molar-refractivity contribution in [3.05, 3.63) is 59.3 Å². The average molecular weight is 533 g/mol. The number of rotatable bonds is 4. The van der Waals surface area contributed by atoms with Crippen LogP contribution in [0.5, 0.6) is 0 Å². The maximum absolute atomic E-state index is 14.6. The number of hydrogen-bond acceptors (Lipinski definition) is 5. The van der Waals surface area contributed by atoms with Crippen molar-refractivity contribution in [1.29, 1.82) is 0 Å². The van der Waals surface area contributed by atoms with E-state index in [2.05, 4.69) is 9.55 Å². The standard InChI is InChI=1S/C30H33FN4O4/c1-16-7-8-22-24(34(16)30(38)39-3)9-10-25-27(22)33-29(35(25)21-6-4-5-18(14-21)17(2)36)28(37)23-15-20(31)13-19-11-12-32-26(19)23/h9-13,15-16,18,21,28,32,37H,4-8,14H2,1-3H3/t16-,18+,21+,28+/m0/s1. The number of nitrogens with zero attached hydrogens (tertiary/aromatic N) is 3. The van der Waals surface area contributed by atoms with Gasteiger partial charge in [0.25, 0.3) is 0 Å². The fourth-order valence-corrected chi connectivity index (χ4v) is 6.65. The van der Waals surface area contributed by atoms with Gasteiger partial charge in [-0.25, -0.2) is 14.2 Å². The number of aliphatic hydroxyl groups is 1. The number of Topliss-reactive ketones (excluding diaryl/α,β-unsaturated/α-hetero) is 1. The van der Waals surface area contributed by atoms with E-state index in [1.165, 1.54) is 19.2 Å². The van der Waals surface area contributed by atoms with Gasteiger partial charge in [0.2, 0.25) is 0 Å². The van der Waals surface area contributed by atoms with Gasteiger partial charge in [-0.1, -0.05) is 6.42 Å². The van der Waals surface area contributed by atoms with Crippen LogP contribution in [-0.2, 0) is 16.0 Å². The molecular formula is C30H33FN4O4. The second-order valence-electron chi connectivity index (χ2n) is 11.0. The van der Waals surface area contributed by atoms with Gasteiger partial charge in [-0.2, -0.15) is 0 Å². The number of aliphatic hydroxyl groups excluding tert-OH is 1. The van der Waals surface area contributed by atoms with Gasteiger partial charge in [0.1, 0.15) is 23.5 Å². The van der Waals surface area contributed by atoms with Crippen LogP contribution in [0.4, 0.5) is 14.9 Å². The Morgan fingerprint density at radius 3 is 2.79 bits per heavy atom. The number of ketones is 1. The van der Waals surface area contributed by atoms with Gasteiger partial charge >= 0.3 is 6.09 Å². The number of anilines is 1. The Balaban J connectivity index is 1.57. The zero-order valence-electron chi connectivity index (χ0n) is 22.4. The monoisotopic (exact) mass is 532 g/mol. The first-order valence-corrected chi connectivity index (χ1v) is 13.6. The normalized spacial score (nSPS) is 22.2. The van der Waals surface area contributed by atoms with Gasteiger partial charge in [0, 0.05) is 40.7 Å². The number of fused-ring (bicyclic) bond motifs is 4. The van der Waals surface area contributed by atoms with Crippen LogP contribution in [0.1, 0.15) is 75.0 Å². The topological polar surface area (TPSA) is 100 Å². The Morgan fingerprint density at radius 1 is 1.21 bits per heavy atom.